The summed E-state index contributed by atoms with van der Waals surface area (Å²) in [7, 11) is 0. The monoisotopic (exact) mass is 302 g/mol. The number of carbonyl (C=O) groups excluding carboxylic acids is 1. The van der Waals surface area contributed by atoms with Crippen molar-refractivity contribution in [2.75, 3.05) is 0 Å². The van der Waals surface area contributed by atoms with Gasteiger partial charge in [-0.15, -0.1) is 0 Å². The molecular formula is C17H19ClN2O. The summed E-state index contributed by atoms with van der Waals surface area (Å²) in [6, 6.07) is 6.81. The van der Waals surface area contributed by atoms with E-state index in [9.17, 15) is 4.79 Å². The minimum atomic E-state index is -0.254. The Hall–Kier alpha value is -1.87. The van der Waals surface area contributed by atoms with Gasteiger partial charge in [0, 0.05) is 10.6 Å². The average Bonchev–Trinajstić information content (AvgIpc) is 2.45. The van der Waals surface area contributed by atoms with Crippen LogP contribution in [0.5, 0.6) is 0 Å². The number of rotatable bonds is 3. The van der Waals surface area contributed by atoms with Crippen molar-refractivity contribution in [2.24, 2.45) is 11.0 Å². The minimum absolute atomic E-state index is 0.254. The number of carbonyl (C=O) groups is 1. The Morgan fingerprint density at radius 1 is 1.48 bits per heavy atom. The van der Waals surface area contributed by atoms with Crippen molar-refractivity contribution < 1.29 is 4.79 Å². The Morgan fingerprint density at radius 2 is 2.24 bits per heavy atom. The predicted molar refractivity (Wildman–Crippen MR) is 87.6 cm³/mol. The topological polar surface area (TPSA) is 41.5 Å². The van der Waals surface area contributed by atoms with E-state index in [1.165, 1.54) is 0 Å². The first-order valence-electron chi connectivity index (χ1n) is 6.92. The lowest BCUT2D eigenvalue weighted by atomic mass is 9.85. The van der Waals surface area contributed by atoms with Crippen LogP contribution >= 0.6 is 11.6 Å². The van der Waals surface area contributed by atoms with Gasteiger partial charge < -0.3 is 0 Å². The van der Waals surface area contributed by atoms with Gasteiger partial charge in [-0.25, -0.2) is 5.43 Å². The molecule has 0 aromatic heterocycles. The number of benzene rings is 1. The molecule has 0 aliphatic heterocycles. The van der Waals surface area contributed by atoms with E-state index in [2.05, 4.69) is 23.2 Å². The van der Waals surface area contributed by atoms with E-state index in [4.69, 9.17) is 11.6 Å². The van der Waals surface area contributed by atoms with Crippen LogP contribution < -0.4 is 5.43 Å². The van der Waals surface area contributed by atoms with Gasteiger partial charge in [0.1, 0.15) is 0 Å². The van der Waals surface area contributed by atoms with E-state index in [1.54, 1.807) is 24.3 Å². The van der Waals surface area contributed by atoms with Crippen molar-refractivity contribution in [1.29, 1.82) is 0 Å². The van der Waals surface area contributed by atoms with Crippen LogP contribution in [-0.2, 0) is 0 Å². The number of hydrogen-bond acceptors (Lipinski definition) is 2. The molecule has 1 N–H and O–H groups in total. The number of allylic oxidation sites excluding steroid dienone is 3. The summed E-state index contributed by atoms with van der Waals surface area (Å²) in [5.41, 5.74) is 6.27. The van der Waals surface area contributed by atoms with Crippen LogP contribution in [0.25, 0.3) is 0 Å². The first-order valence-corrected chi connectivity index (χ1v) is 7.30. The van der Waals surface area contributed by atoms with Crippen LogP contribution in [0.4, 0.5) is 0 Å². The molecule has 3 nitrogen and oxygen atoms in total. The lowest BCUT2D eigenvalue weighted by Gasteiger charge is -2.22. The summed E-state index contributed by atoms with van der Waals surface area (Å²) in [6.45, 7) is 8.05. The zero-order valence-electron chi connectivity index (χ0n) is 12.3. The van der Waals surface area contributed by atoms with Gasteiger partial charge in [-0.1, -0.05) is 35.9 Å². The third kappa shape index (κ3) is 4.05. The van der Waals surface area contributed by atoms with Crippen LogP contribution in [0.15, 0.2) is 53.2 Å². The van der Waals surface area contributed by atoms with Crippen molar-refractivity contribution in [3.05, 3.63) is 58.7 Å². The fourth-order valence-corrected chi connectivity index (χ4v) is 2.43. The Balaban J connectivity index is 2.09. The number of halogens is 1. The minimum Gasteiger partial charge on any atom is -0.267 e. The lowest BCUT2D eigenvalue weighted by Crippen LogP contribution is -2.23. The summed E-state index contributed by atoms with van der Waals surface area (Å²) in [6.07, 6.45) is 3.95. The largest absolute Gasteiger partial charge is 0.271 e. The molecular weight excluding hydrogens is 284 g/mol. The normalized spacial score (nSPS) is 20.0. The van der Waals surface area contributed by atoms with Gasteiger partial charge in [0.25, 0.3) is 5.91 Å². The van der Waals surface area contributed by atoms with Crippen molar-refractivity contribution >= 4 is 23.2 Å². The maximum atomic E-state index is 12.0. The van der Waals surface area contributed by atoms with Crippen LogP contribution in [0, 0.1) is 5.92 Å². The van der Waals surface area contributed by atoms with Crippen LogP contribution in [0.1, 0.15) is 37.0 Å². The third-order valence-corrected chi connectivity index (χ3v) is 3.91. The van der Waals surface area contributed by atoms with Crippen molar-refractivity contribution in [3.8, 4) is 0 Å². The summed E-state index contributed by atoms with van der Waals surface area (Å²) in [5, 5.41) is 4.80. The molecule has 0 heterocycles. The van der Waals surface area contributed by atoms with Crippen LogP contribution in [0.2, 0.25) is 5.02 Å². The summed E-state index contributed by atoms with van der Waals surface area (Å²) < 4.78 is 0. The maximum absolute atomic E-state index is 12.0. The molecule has 0 saturated heterocycles. The molecule has 0 spiro atoms. The first kappa shape index (κ1) is 15.5. The molecule has 0 unspecified atom stereocenters. The highest BCUT2D eigenvalue weighted by atomic mass is 35.5. The highest BCUT2D eigenvalue weighted by Gasteiger charge is 2.18. The van der Waals surface area contributed by atoms with E-state index < -0.39 is 0 Å². The summed E-state index contributed by atoms with van der Waals surface area (Å²) in [5.74, 6) is 0.144. The molecule has 21 heavy (non-hydrogen) atoms. The van der Waals surface area contributed by atoms with Gasteiger partial charge in [0.2, 0.25) is 0 Å². The standard InChI is InChI=1S/C17H19ClN2O/c1-11(2)13-8-7-12(3)16(10-13)19-20-17(21)14-5-4-6-15(18)9-14/h4-7,9,13H,1,8,10H2,2-3H3,(H,20,21)/b19-16+/t13-/m1/s1. The van der Waals surface area contributed by atoms with E-state index in [0.29, 0.717) is 16.5 Å². The maximum Gasteiger partial charge on any atom is 0.271 e. The molecule has 1 aromatic rings. The molecule has 4 heteroatoms. The Morgan fingerprint density at radius 3 is 2.90 bits per heavy atom. The quantitative estimate of drug-likeness (QED) is 0.654. The van der Waals surface area contributed by atoms with Gasteiger partial charge in [-0.2, -0.15) is 5.10 Å². The van der Waals surface area contributed by atoms with Crippen molar-refractivity contribution in [3.63, 3.8) is 0 Å². The molecule has 0 fully saturated rings. The van der Waals surface area contributed by atoms with Gasteiger partial charge in [0.15, 0.2) is 0 Å². The van der Waals surface area contributed by atoms with Gasteiger partial charge in [0.05, 0.1) is 5.71 Å². The van der Waals surface area contributed by atoms with Crippen LogP contribution in [-0.4, -0.2) is 11.6 Å². The second-order valence-corrected chi connectivity index (χ2v) is 5.82. The zero-order valence-corrected chi connectivity index (χ0v) is 13.1. The summed E-state index contributed by atoms with van der Waals surface area (Å²) >= 11 is 5.88. The highest BCUT2D eigenvalue weighted by Crippen LogP contribution is 2.26. The van der Waals surface area contributed by atoms with Gasteiger partial charge in [-0.3, -0.25) is 4.79 Å². The molecule has 1 aliphatic carbocycles. The molecule has 1 atom stereocenters. The van der Waals surface area contributed by atoms with Gasteiger partial charge >= 0.3 is 0 Å². The molecule has 1 aromatic carbocycles. The number of hydrazone groups is 1. The van der Waals surface area contributed by atoms with Crippen molar-refractivity contribution in [1.82, 2.24) is 5.43 Å². The van der Waals surface area contributed by atoms with Gasteiger partial charge in [-0.05, 0) is 56.4 Å². The SMILES string of the molecule is C=C(C)[C@@H]1CC=C(C)/C(=N/NC(=O)c2cccc(Cl)c2)C1. The first-order chi connectivity index (χ1) is 9.97. The van der Waals surface area contributed by atoms with Crippen LogP contribution in [0.3, 0.4) is 0 Å². The fourth-order valence-electron chi connectivity index (χ4n) is 2.24. The third-order valence-electron chi connectivity index (χ3n) is 3.68. The molecule has 2 rings (SSSR count). The predicted octanol–water partition coefficient (Wildman–Crippen LogP) is 4.36. The number of nitrogens with one attached hydrogen (secondary N) is 1. The second-order valence-electron chi connectivity index (χ2n) is 5.38. The Bertz CT molecular complexity index is 631. The smallest absolute Gasteiger partial charge is 0.267 e. The molecule has 0 radical (unpaired) electrons. The molecule has 110 valence electrons. The number of amides is 1. The molecule has 0 bridgehead atoms. The van der Waals surface area contributed by atoms with E-state index in [0.717, 1.165) is 29.7 Å². The average molecular weight is 303 g/mol. The Labute approximate surface area is 130 Å². The summed E-state index contributed by atoms with van der Waals surface area (Å²) in [4.78, 5) is 12.0. The molecule has 1 aliphatic rings. The number of hydrogen-bond donors (Lipinski definition) is 1. The number of nitrogens with zero attached hydrogens (tertiary/aromatic N) is 1. The Kier molecular flexibility index (Phi) is 4.97. The van der Waals surface area contributed by atoms with E-state index in [-0.39, 0.29) is 5.91 Å². The van der Waals surface area contributed by atoms with E-state index in [1.807, 2.05) is 13.8 Å². The second kappa shape index (κ2) is 6.72. The molecule has 0 saturated carbocycles. The fraction of sp³-hybridized carbons (Fsp3) is 0.294. The zero-order chi connectivity index (χ0) is 15.4. The van der Waals surface area contributed by atoms with Crippen molar-refractivity contribution in [2.45, 2.75) is 26.7 Å². The molecule has 1 amide bonds. The van der Waals surface area contributed by atoms with E-state index >= 15 is 0 Å². The lowest BCUT2D eigenvalue weighted by molar-refractivity contribution is 0.0954. The highest BCUT2D eigenvalue weighted by molar-refractivity contribution is 6.30.